The first-order chi connectivity index (χ1) is 38.2. The van der Waals surface area contributed by atoms with E-state index in [1.54, 1.807) is 0 Å². The molecule has 8 nitrogen and oxygen atoms in total. The quantitative estimate of drug-likeness (QED) is 0.166. The number of para-hydroxylation sites is 8. The van der Waals surface area contributed by atoms with Gasteiger partial charge in [0.1, 0.15) is 11.2 Å². The molecule has 0 bridgehead atoms. The van der Waals surface area contributed by atoms with Crippen LogP contribution in [0.1, 0.15) is 0 Å². The van der Waals surface area contributed by atoms with Crippen molar-refractivity contribution in [3.8, 4) is 45.8 Å². The van der Waals surface area contributed by atoms with Crippen molar-refractivity contribution in [1.29, 1.82) is 0 Å². The lowest BCUT2D eigenvalue weighted by Gasteiger charge is -2.14. The van der Waals surface area contributed by atoms with E-state index in [0.717, 1.165) is 116 Å². The van der Waals surface area contributed by atoms with Crippen LogP contribution in [0.15, 0.2) is 253 Å². The van der Waals surface area contributed by atoms with Gasteiger partial charge < -0.3 is 13.6 Å². The molecule has 0 aliphatic rings. The van der Waals surface area contributed by atoms with Crippen LogP contribution in [0.2, 0.25) is 0 Å². The molecular formula is C69H41N7O. The molecule has 11 aromatic carbocycles. The highest BCUT2D eigenvalue weighted by atomic mass is 16.3. The van der Waals surface area contributed by atoms with Crippen molar-refractivity contribution < 1.29 is 4.42 Å². The van der Waals surface area contributed by atoms with Crippen LogP contribution >= 0.6 is 0 Å². The summed E-state index contributed by atoms with van der Waals surface area (Å²) < 4.78 is 16.1. The normalized spacial score (nSPS) is 12.2. The highest BCUT2D eigenvalue weighted by Gasteiger charge is 2.25. The Kier molecular flexibility index (Phi) is 8.68. The minimum absolute atomic E-state index is 0.531. The van der Waals surface area contributed by atoms with Crippen LogP contribution in [0, 0.1) is 0 Å². The Balaban J connectivity index is 0.924. The largest absolute Gasteiger partial charge is 0.456 e. The zero-order chi connectivity index (χ0) is 50.3. The third-order valence-corrected chi connectivity index (χ3v) is 15.8. The lowest BCUT2D eigenvalue weighted by molar-refractivity contribution is 0.669. The van der Waals surface area contributed by atoms with Gasteiger partial charge in [0.05, 0.1) is 49.8 Å². The first kappa shape index (κ1) is 41.9. The predicted molar refractivity (Wildman–Crippen MR) is 315 cm³/mol. The molecule has 0 spiro atoms. The Labute approximate surface area is 439 Å². The molecule has 0 amide bonds. The SMILES string of the molecule is c1ccc(-n2c3ccccc3c3c(-n4c5ccccc5c5cccc(-c6cccc7oc8ccc(-c9nc(-n%10c%11ccccc%11c%11ccccc%11%10)nc(-n%10c%11ccccc%11c%11ccccc%11%10)n9)cc8c67)c54)cccc32)cc1. The number of hydrogen-bond donors (Lipinski definition) is 0. The average molecular weight is 984 g/mol. The molecule has 0 saturated heterocycles. The second kappa shape index (κ2) is 16.0. The molecule has 0 unspecified atom stereocenters. The van der Waals surface area contributed by atoms with Crippen LogP contribution in [0.4, 0.5) is 0 Å². The van der Waals surface area contributed by atoms with E-state index in [2.05, 4.69) is 267 Å². The summed E-state index contributed by atoms with van der Waals surface area (Å²) in [5.74, 6) is 1.61. The van der Waals surface area contributed by atoms with Gasteiger partial charge in [0.15, 0.2) is 5.82 Å². The molecule has 0 aliphatic heterocycles. The molecule has 6 heterocycles. The maximum atomic E-state index is 6.83. The number of rotatable bonds is 6. The van der Waals surface area contributed by atoms with E-state index in [4.69, 9.17) is 19.4 Å². The Morgan fingerprint density at radius 2 is 0.753 bits per heavy atom. The summed E-state index contributed by atoms with van der Waals surface area (Å²) in [5, 5.41) is 11.3. The topological polar surface area (TPSA) is 71.5 Å². The Morgan fingerprint density at radius 3 is 1.36 bits per heavy atom. The standard InChI is InChI=1S/C69H41N7O/c1-2-19-43(20-3-1)73-59-35-15-9-26-52(59)65-60(73)36-18-37-61(65)74-54-30-10-8-25-48(54)50-28-16-29-51(66(50)74)49-27-17-38-63-64(49)53-41-42(39-40-62(53)77-63)67-70-68(75-55-31-11-4-21-44(55)45-22-5-12-32-56(45)75)72-69(71-67)76-57-33-13-6-23-46(57)47-24-7-14-34-58(47)76/h1-41H. The Hall–Kier alpha value is -10.6. The first-order valence-corrected chi connectivity index (χ1v) is 26.0. The molecule has 8 heteroatoms. The highest BCUT2D eigenvalue weighted by Crippen LogP contribution is 2.46. The maximum Gasteiger partial charge on any atom is 0.240 e. The summed E-state index contributed by atoms with van der Waals surface area (Å²) in [6.07, 6.45) is 0. The van der Waals surface area contributed by atoms with Gasteiger partial charge in [-0.25, -0.2) is 0 Å². The zero-order valence-electron chi connectivity index (χ0n) is 41.2. The highest BCUT2D eigenvalue weighted by molar-refractivity contribution is 6.22. The molecule has 6 aromatic heterocycles. The van der Waals surface area contributed by atoms with Crippen molar-refractivity contribution in [2.45, 2.75) is 0 Å². The van der Waals surface area contributed by atoms with Gasteiger partial charge in [0.25, 0.3) is 0 Å². The molecule has 0 N–H and O–H groups in total. The fraction of sp³-hybridized carbons (Fsp3) is 0. The van der Waals surface area contributed by atoms with Crippen LogP contribution in [-0.4, -0.2) is 33.2 Å². The number of fused-ring (bicyclic) bond motifs is 15. The molecule has 17 rings (SSSR count). The van der Waals surface area contributed by atoms with Gasteiger partial charge in [-0.3, -0.25) is 9.13 Å². The van der Waals surface area contributed by atoms with E-state index in [1.807, 2.05) is 0 Å². The van der Waals surface area contributed by atoms with Crippen LogP contribution in [0.5, 0.6) is 0 Å². The number of hydrogen-bond acceptors (Lipinski definition) is 4. The maximum absolute atomic E-state index is 6.83. The van der Waals surface area contributed by atoms with Gasteiger partial charge in [0.2, 0.25) is 11.9 Å². The van der Waals surface area contributed by atoms with Gasteiger partial charge in [-0.2, -0.15) is 15.0 Å². The smallest absolute Gasteiger partial charge is 0.240 e. The summed E-state index contributed by atoms with van der Waals surface area (Å²) in [4.78, 5) is 16.3. The van der Waals surface area contributed by atoms with E-state index < -0.39 is 0 Å². The molecule has 0 fully saturated rings. The third kappa shape index (κ3) is 5.94. The zero-order valence-corrected chi connectivity index (χ0v) is 41.2. The monoisotopic (exact) mass is 983 g/mol. The number of benzene rings is 11. The van der Waals surface area contributed by atoms with Gasteiger partial charge in [0, 0.05) is 70.7 Å². The van der Waals surface area contributed by atoms with Crippen molar-refractivity contribution >= 4 is 109 Å². The predicted octanol–water partition coefficient (Wildman–Crippen LogP) is 17.5. The Morgan fingerprint density at radius 1 is 0.286 bits per heavy atom. The van der Waals surface area contributed by atoms with Crippen molar-refractivity contribution in [3.05, 3.63) is 249 Å². The fourth-order valence-electron chi connectivity index (χ4n) is 12.7. The summed E-state index contributed by atoms with van der Waals surface area (Å²) in [5.41, 5.74) is 15.5. The van der Waals surface area contributed by atoms with Crippen molar-refractivity contribution in [2.24, 2.45) is 0 Å². The summed E-state index contributed by atoms with van der Waals surface area (Å²) in [6, 6.07) is 88.4. The first-order valence-electron chi connectivity index (χ1n) is 26.0. The lowest BCUT2D eigenvalue weighted by atomic mass is 9.96. The van der Waals surface area contributed by atoms with Crippen molar-refractivity contribution in [1.82, 2.24) is 33.2 Å². The number of furan rings is 1. The second-order valence-corrected chi connectivity index (χ2v) is 19.9. The fourth-order valence-corrected chi connectivity index (χ4v) is 12.7. The molecular weight excluding hydrogens is 943 g/mol. The average Bonchev–Trinajstić information content (AvgIpc) is 4.31. The van der Waals surface area contributed by atoms with Gasteiger partial charge in [-0.05, 0) is 90.5 Å². The van der Waals surface area contributed by atoms with E-state index in [9.17, 15) is 0 Å². The van der Waals surface area contributed by atoms with E-state index in [0.29, 0.717) is 17.7 Å². The van der Waals surface area contributed by atoms with Gasteiger partial charge in [-0.15, -0.1) is 0 Å². The van der Waals surface area contributed by atoms with E-state index in [-0.39, 0.29) is 0 Å². The van der Waals surface area contributed by atoms with Crippen molar-refractivity contribution in [2.75, 3.05) is 0 Å². The van der Waals surface area contributed by atoms with Crippen LogP contribution in [0.3, 0.4) is 0 Å². The molecule has 358 valence electrons. The van der Waals surface area contributed by atoms with Crippen LogP contribution in [0.25, 0.3) is 155 Å². The summed E-state index contributed by atoms with van der Waals surface area (Å²) in [6.45, 7) is 0. The minimum atomic E-state index is 0.531. The molecule has 0 saturated carbocycles. The summed E-state index contributed by atoms with van der Waals surface area (Å²) >= 11 is 0. The van der Waals surface area contributed by atoms with Gasteiger partial charge >= 0.3 is 0 Å². The molecule has 0 atom stereocenters. The van der Waals surface area contributed by atoms with Crippen LogP contribution in [-0.2, 0) is 0 Å². The molecule has 17 aromatic rings. The molecule has 0 aliphatic carbocycles. The lowest BCUT2D eigenvalue weighted by Crippen LogP contribution is -2.10. The third-order valence-electron chi connectivity index (χ3n) is 15.8. The number of nitrogens with zero attached hydrogens (tertiary/aromatic N) is 7. The molecule has 0 radical (unpaired) electrons. The Bertz CT molecular complexity index is 5060. The van der Waals surface area contributed by atoms with Crippen molar-refractivity contribution in [3.63, 3.8) is 0 Å². The van der Waals surface area contributed by atoms with Gasteiger partial charge in [-0.1, -0.05) is 164 Å². The molecule has 77 heavy (non-hydrogen) atoms. The van der Waals surface area contributed by atoms with Crippen LogP contribution < -0.4 is 0 Å². The second-order valence-electron chi connectivity index (χ2n) is 19.9. The van der Waals surface area contributed by atoms with E-state index in [1.165, 1.54) is 21.5 Å². The number of aromatic nitrogens is 7. The van der Waals surface area contributed by atoms with E-state index >= 15 is 0 Å². The summed E-state index contributed by atoms with van der Waals surface area (Å²) in [7, 11) is 0. The minimum Gasteiger partial charge on any atom is -0.456 e.